The van der Waals surface area contributed by atoms with E-state index >= 15 is 0 Å². The molecule has 1 atom stereocenters. The Hall–Kier alpha value is -0.790. The Labute approximate surface area is 74.6 Å². The van der Waals surface area contributed by atoms with Gasteiger partial charge in [0.25, 0.3) is 0 Å². The van der Waals surface area contributed by atoms with Crippen LogP contribution in [0.5, 0.6) is 0 Å². The third kappa shape index (κ3) is 4.94. The summed E-state index contributed by atoms with van der Waals surface area (Å²) in [6.07, 6.45) is 5.90. The highest BCUT2D eigenvalue weighted by molar-refractivity contribution is 5.71. The minimum atomic E-state index is -0.0815. The lowest BCUT2D eigenvalue weighted by atomic mass is 10.1. The van der Waals surface area contributed by atoms with Crippen molar-refractivity contribution in [3.63, 3.8) is 0 Å². The van der Waals surface area contributed by atoms with Gasteiger partial charge in [-0.2, -0.15) is 0 Å². The zero-order chi connectivity index (χ0) is 9.40. The van der Waals surface area contributed by atoms with Crippen LogP contribution in [0.2, 0.25) is 0 Å². The van der Waals surface area contributed by atoms with E-state index in [1.165, 1.54) is 0 Å². The Morgan fingerprint density at radius 2 is 2.25 bits per heavy atom. The molecule has 0 N–H and O–H groups in total. The lowest BCUT2D eigenvalue weighted by Gasteiger charge is -2.07. The van der Waals surface area contributed by atoms with Crippen molar-refractivity contribution in [2.24, 2.45) is 5.92 Å². The quantitative estimate of drug-likeness (QED) is 0.468. The summed E-state index contributed by atoms with van der Waals surface area (Å²) in [6.45, 7) is 6.19. The van der Waals surface area contributed by atoms with Crippen molar-refractivity contribution in [2.75, 3.05) is 6.61 Å². The molecule has 0 fully saturated rings. The summed E-state index contributed by atoms with van der Waals surface area (Å²) in [6, 6.07) is 0. The topological polar surface area (TPSA) is 26.3 Å². The molecule has 0 bridgehead atoms. The number of allylic oxidation sites excluding steroid dienone is 2. The van der Waals surface area contributed by atoms with Gasteiger partial charge in [-0.1, -0.05) is 19.1 Å². The fourth-order valence-corrected chi connectivity index (χ4v) is 0.915. The van der Waals surface area contributed by atoms with Gasteiger partial charge in [-0.25, -0.2) is 0 Å². The fraction of sp³-hybridized carbons (Fsp3) is 0.700. The summed E-state index contributed by atoms with van der Waals surface area (Å²) in [7, 11) is 0. The molecule has 0 spiro atoms. The van der Waals surface area contributed by atoms with Crippen molar-refractivity contribution in [3.8, 4) is 0 Å². The van der Waals surface area contributed by atoms with Gasteiger partial charge in [0, 0.05) is 0 Å². The van der Waals surface area contributed by atoms with Crippen molar-refractivity contribution >= 4 is 5.97 Å². The summed E-state index contributed by atoms with van der Waals surface area (Å²) < 4.78 is 4.87. The summed E-state index contributed by atoms with van der Waals surface area (Å²) >= 11 is 0. The van der Waals surface area contributed by atoms with E-state index < -0.39 is 0 Å². The standard InChI is InChI=1S/C10H18O2/c1-4-6-7-8-9(3)10(11)12-5-2/h4,6,9H,5,7-8H2,1-3H3. The van der Waals surface area contributed by atoms with Gasteiger partial charge in [-0.3, -0.25) is 4.79 Å². The smallest absolute Gasteiger partial charge is 0.308 e. The summed E-state index contributed by atoms with van der Waals surface area (Å²) in [5, 5.41) is 0. The van der Waals surface area contributed by atoms with Crippen LogP contribution < -0.4 is 0 Å². The number of ether oxygens (including phenoxy) is 1. The molecular formula is C10H18O2. The van der Waals surface area contributed by atoms with E-state index in [1.807, 2.05) is 26.8 Å². The first-order chi connectivity index (χ1) is 5.72. The molecule has 2 heteroatoms. The Balaban J connectivity index is 3.56. The first-order valence-electron chi connectivity index (χ1n) is 4.50. The van der Waals surface area contributed by atoms with Crippen LogP contribution in [0.25, 0.3) is 0 Å². The molecular weight excluding hydrogens is 152 g/mol. The molecule has 0 amide bonds. The molecule has 2 nitrogen and oxygen atoms in total. The predicted molar refractivity (Wildman–Crippen MR) is 49.8 cm³/mol. The van der Waals surface area contributed by atoms with E-state index in [2.05, 4.69) is 6.08 Å². The molecule has 0 aromatic rings. The van der Waals surface area contributed by atoms with Gasteiger partial charge < -0.3 is 4.74 Å². The van der Waals surface area contributed by atoms with Crippen LogP contribution in [0.15, 0.2) is 12.2 Å². The Morgan fingerprint density at radius 3 is 2.75 bits per heavy atom. The highest BCUT2D eigenvalue weighted by atomic mass is 16.5. The van der Waals surface area contributed by atoms with Crippen LogP contribution in [0, 0.1) is 5.92 Å². The second-order valence-corrected chi connectivity index (χ2v) is 2.80. The summed E-state index contributed by atoms with van der Waals surface area (Å²) in [5.41, 5.74) is 0. The zero-order valence-corrected chi connectivity index (χ0v) is 8.17. The molecule has 0 rings (SSSR count). The number of hydrogen-bond acceptors (Lipinski definition) is 2. The van der Waals surface area contributed by atoms with Gasteiger partial charge in [0.05, 0.1) is 12.5 Å². The molecule has 0 aliphatic rings. The maximum atomic E-state index is 11.1. The number of hydrogen-bond donors (Lipinski definition) is 0. The fourth-order valence-electron chi connectivity index (χ4n) is 0.915. The second kappa shape index (κ2) is 6.89. The Bertz CT molecular complexity index is 150. The second-order valence-electron chi connectivity index (χ2n) is 2.80. The lowest BCUT2D eigenvalue weighted by molar-refractivity contribution is -0.147. The Morgan fingerprint density at radius 1 is 1.58 bits per heavy atom. The molecule has 0 aromatic carbocycles. The molecule has 0 saturated heterocycles. The van der Waals surface area contributed by atoms with E-state index in [0.29, 0.717) is 6.61 Å². The molecule has 0 radical (unpaired) electrons. The highest BCUT2D eigenvalue weighted by Gasteiger charge is 2.11. The van der Waals surface area contributed by atoms with Crippen LogP contribution in [0.3, 0.4) is 0 Å². The molecule has 0 aliphatic heterocycles. The van der Waals surface area contributed by atoms with E-state index in [9.17, 15) is 4.79 Å². The lowest BCUT2D eigenvalue weighted by Crippen LogP contribution is -2.14. The van der Waals surface area contributed by atoms with Gasteiger partial charge >= 0.3 is 5.97 Å². The van der Waals surface area contributed by atoms with Gasteiger partial charge in [0.2, 0.25) is 0 Å². The zero-order valence-electron chi connectivity index (χ0n) is 8.17. The number of rotatable bonds is 5. The van der Waals surface area contributed by atoms with Crippen molar-refractivity contribution in [3.05, 3.63) is 12.2 Å². The SMILES string of the molecule is CC=CCCC(C)C(=O)OCC. The van der Waals surface area contributed by atoms with Crippen LogP contribution in [-0.4, -0.2) is 12.6 Å². The highest BCUT2D eigenvalue weighted by Crippen LogP contribution is 2.07. The van der Waals surface area contributed by atoms with E-state index in [1.54, 1.807) is 0 Å². The largest absolute Gasteiger partial charge is 0.466 e. The van der Waals surface area contributed by atoms with E-state index in [4.69, 9.17) is 4.74 Å². The number of esters is 1. The first-order valence-corrected chi connectivity index (χ1v) is 4.50. The molecule has 0 aliphatic carbocycles. The third-order valence-corrected chi connectivity index (χ3v) is 1.69. The normalized spacial score (nSPS) is 13.2. The monoisotopic (exact) mass is 170 g/mol. The van der Waals surface area contributed by atoms with E-state index in [-0.39, 0.29) is 11.9 Å². The molecule has 12 heavy (non-hydrogen) atoms. The van der Waals surface area contributed by atoms with Gasteiger partial charge in [0.15, 0.2) is 0 Å². The van der Waals surface area contributed by atoms with Gasteiger partial charge in [-0.15, -0.1) is 0 Å². The van der Waals surface area contributed by atoms with Crippen molar-refractivity contribution < 1.29 is 9.53 Å². The van der Waals surface area contributed by atoms with Crippen LogP contribution in [-0.2, 0) is 9.53 Å². The number of carbonyl (C=O) groups is 1. The van der Waals surface area contributed by atoms with Crippen LogP contribution >= 0.6 is 0 Å². The van der Waals surface area contributed by atoms with Crippen molar-refractivity contribution in [1.29, 1.82) is 0 Å². The minimum absolute atomic E-state index is 0.0288. The Kier molecular flexibility index (Phi) is 6.44. The molecule has 70 valence electrons. The minimum Gasteiger partial charge on any atom is -0.466 e. The third-order valence-electron chi connectivity index (χ3n) is 1.69. The molecule has 0 heterocycles. The first kappa shape index (κ1) is 11.2. The predicted octanol–water partition coefficient (Wildman–Crippen LogP) is 2.54. The summed E-state index contributed by atoms with van der Waals surface area (Å²) in [5.74, 6) is -0.0526. The van der Waals surface area contributed by atoms with Crippen LogP contribution in [0.4, 0.5) is 0 Å². The summed E-state index contributed by atoms with van der Waals surface area (Å²) in [4.78, 5) is 11.1. The van der Waals surface area contributed by atoms with Crippen molar-refractivity contribution in [1.82, 2.24) is 0 Å². The van der Waals surface area contributed by atoms with Crippen molar-refractivity contribution in [2.45, 2.75) is 33.6 Å². The van der Waals surface area contributed by atoms with Crippen LogP contribution in [0.1, 0.15) is 33.6 Å². The maximum absolute atomic E-state index is 11.1. The molecule has 0 aromatic heterocycles. The molecule has 0 saturated carbocycles. The maximum Gasteiger partial charge on any atom is 0.308 e. The van der Waals surface area contributed by atoms with Gasteiger partial charge in [-0.05, 0) is 26.7 Å². The average Bonchev–Trinajstić information content (AvgIpc) is 2.05. The molecule has 1 unspecified atom stereocenters. The van der Waals surface area contributed by atoms with E-state index in [0.717, 1.165) is 12.8 Å². The van der Waals surface area contributed by atoms with Gasteiger partial charge in [0.1, 0.15) is 0 Å². The average molecular weight is 170 g/mol. The number of carbonyl (C=O) groups excluding carboxylic acids is 1.